The number of likely N-dealkylation sites (tertiary alicyclic amines) is 1. The number of pyridine rings is 1. The predicted molar refractivity (Wildman–Crippen MR) is 87.3 cm³/mol. The number of aromatic amines is 1. The lowest BCUT2D eigenvalue weighted by Crippen LogP contribution is -2.39. The van der Waals surface area contributed by atoms with Gasteiger partial charge in [-0.1, -0.05) is 13.0 Å². The molecule has 0 radical (unpaired) electrons. The zero-order valence-corrected chi connectivity index (χ0v) is 13.3. The summed E-state index contributed by atoms with van der Waals surface area (Å²) in [6.45, 7) is 3.08. The number of hydrogen-bond acceptors (Lipinski definition) is 3. The number of carbonyl (C=O) groups excluding carboxylic acids is 2. The Labute approximate surface area is 137 Å². The molecule has 2 amide bonds. The summed E-state index contributed by atoms with van der Waals surface area (Å²) >= 11 is 0. The molecule has 126 valence electrons. The van der Waals surface area contributed by atoms with E-state index >= 15 is 0 Å². The Balaban J connectivity index is 1.81. The van der Waals surface area contributed by atoms with Crippen molar-refractivity contribution in [1.82, 2.24) is 15.2 Å². The van der Waals surface area contributed by atoms with Gasteiger partial charge in [0.1, 0.15) is 11.4 Å². The van der Waals surface area contributed by atoms with Gasteiger partial charge in [0.25, 0.3) is 5.91 Å². The number of amides is 2. The minimum Gasteiger partial charge on any atom is -0.358 e. The van der Waals surface area contributed by atoms with Crippen LogP contribution in [0.1, 0.15) is 30.1 Å². The number of halogens is 1. The molecule has 2 N–H and O–H groups in total. The Bertz CT molecular complexity index is 862. The first-order chi connectivity index (χ1) is 11.5. The molecule has 2 aromatic rings. The molecule has 6 nitrogen and oxygen atoms in total. The van der Waals surface area contributed by atoms with Crippen molar-refractivity contribution in [2.75, 3.05) is 13.1 Å². The largest absolute Gasteiger partial charge is 0.358 e. The molecule has 0 spiro atoms. The average molecular weight is 331 g/mol. The number of aromatic nitrogens is 1. The molecule has 0 bridgehead atoms. The lowest BCUT2D eigenvalue weighted by Gasteiger charge is -2.16. The summed E-state index contributed by atoms with van der Waals surface area (Å²) in [5.41, 5.74) is -0.547. The number of rotatable bonds is 4. The maximum atomic E-state index is 13.7. The number of H-pyrrole nitrogens is 1. The summed E-state index contributed by atoms with van der Waals surface area (Å²) in [4.78, 5) is 41.0. The third-order valence-corrected chi connectivity index (χ3v) is 4.15. The molecule has 24 heavy (non-hydrogen) atoms. The van der Waals surface area contributed by atoms with Gasteiger partial charge in [0, 0.05) is 31.1 Å². The van der Waals surface area contributed by atoms with E-state index in [4.69, 9.17) is 0 Å². The van der Waals surface area contributed by atoms with E-state index < -0.39 is 17.2 Å². The summed E-state index contributed by atoms with van der Waals surface area (Å²) in [5.74, 6) is -1.11. The van der Waals surface area contributed by atoms with E-state index in [1.165, 1.54) is 24.4 Å². The summed E-state index contributed by atoms with van der Waals surface area (Å²) in [6.07, 6.45) is 2.29. The Morgan fingerprint density at radius 3 is 2.96 bits per heavy atom. The number of hydrogen-bond donors (Lipinski definition) is 2. The highest BCUT2D eigenvalue weighted by Gasteiger charge is 2.30. The lowest BCUT2D eigenvalue weighted by atomic mass is 10.1. The molecule has 2 heterocycles. The van der Waals surface area contributed by atoms with Gasteiger partial charge in [-0.2, -0.15) is 0 Å². The highest BCUT2D eigenvalue weighted by molar-refractivity contribution is 5.97. The van der Waals surface area contributed by atoms with Gasteiger partial charge < -0.3 is 15.2 Å². The van der Waals surface area contributed by atoms with Crippen molar-refractivity contribution in [1.29, 1.82) is 0 Å². The smallest absolute Gasteiger partial charge is 0.257 e. The maximum absolute atomic E-state index is 13.7. The molecule has 1 atom stereocenters. The fourth-order valence-corrected chi connectivity index (χ4v) is 3.00. The van der Waals surface area contributed by atoms with Crippen molar-refractivity contribution in [2.45, 2.75) is 25.8 Å². The Morgan fingerprint density at radius 1 is 1.42 bits per heavy atom. The summed E-state index contributed by atoms with van der Waals surface area (Å²) < 4.78 is 13.7. The van der Waals surface area contributed by atoms with Crippen molar-refractivity contribution in [3.63, 3.8) is 0 Å². The van der Waals surface area contributed by atoms with Crippen LogP contribution in [0.3, 0.4) is 0 Å². The van der Waals surface area contributed by atoms with Crippen LogP contribution >= 0.6 is 0 Å². The number of fused-ring (bicyclic) bond motifs is 1. The standard InChI is InChI=1S/C17H18FN3O3/c1-2-6-21-9-10(7-14(21)22)20-17(24)12-8-19-15-11(16(12)23)4-3-5-13(15)18/h3-5,8,10H,2,6-7,9H2,1H3,(H,19,23)(H,20,24). The van der Waals surface area contributed by atoms with Crippen molar-refractivity contribution < 1.29 is 14.0 Å². The number of benzene rings is 1. The first-order valence-corrected chi connectivity index (χ1v) is 7.89. The van der Waals surface area contributed by atoms with Crippen LogP contribution in [-0.2, 0) is 4.79 Å². The average Bonchev–Trinajstić information content (AvgIpc) is 2.88. The summed E-state index contributed by atoms with van der Waals surface area (Å²) in [6, 6.07) is 3.81. The summed E-state index contributed by atoms with van der Waals surface area (Å²) in [7, 11) is 0. The second-order valence-electron chi connectivity index (χ2n) is 5.91. The Kier molecular flexibility index (Phi) is 4.33. The SMILES string of the molecule is CCCN1CC(NC(=O)c2c[nH]c3c(F)cccc3c2=O)CC1=O. The molecule has 1 aliphatic rings. The van der Waals surface area contributed by atoms with Gasteiger partial charge in [0.2, 0.25) is 11.3 Å². The number of nitrogens with zero attached hydrogens (tertiary/aromatic N) is 1. The molecular formula is C17H18FN3O3. The molecule has 1 aliphatic heterocycles. The van der Waals surface area contributed by atoms with E-state index in [0.717, 1.165) is 6.42 Å². The van der Waals surface area contributed by atoms with Gasteiger partial charge >= 0.3 is 0 Å². The molecule has 0 aliphatic carbocycles. The van der Waals surface area contributed by atoms with E-state index in [1.54, 1.807) is 4.90 Å². The molecule has 1 fully saturated rings. The minimum atomic E-state index is -0.557. The molecule has 0 saturated carbocycles. The first kappa shape index (κ1) is 16.2. The van der Waals surface area contributed by atoms with Gasteiger partial charge in [-0.3, -0.25) is 14.4 Å². The van der Waals surface area contributed by atoms with Crippen molar-refractivity contribution in [2.24, 2.45) is 0 Å². The lowest BCUT2D eigenvalue weighted by molar-refractivity contribution is -0.127. The molecule has 1 saturated heterocycles. The van der Waals surface area contributed by atoms with Gasteiger partial charge in [0.05, 0.1) is 11.6 Å². The fraction of sp³-hybridized carbons (Fsp3) is 0.353. The second-order valence-corrected chi connectivity index (χ2v) is 5.91. The second kappa shape index (κ2) is 6.43. The van der Waals surface area contributed by atoms with Gasteiger partial charge in [0.15, 0.2) is 0 Å². The fourth-order valence-electron chi connectivity index (χ4n) is 3.00. The summed E-state index contributed by atoms with van der Waals surface area (Å²) in [5, 5.41) is 2.84. The van der Waals surface area contributed by atoms with Crippen LogP contribution in [0.25, 0.3) is 10.9 Å². The van der Waals surface area contributed by atoms with Crippen molar-refractivity contribution in [3.8, 4) is 0 Å². The van der Waals surface area contributed by atoms with Crippen molar-refractivity contribution in [3.05, 3.63) is 46.0 Å². The monoisotopic (exact) mass is 331 g/mol. The molecular weight excluding hydrogens is 313 g/mol. The van der Waals surface area contributed by atoms with E-state index in [9.17, 15) is 18.8 Å². The third kappa shape index (κ3) is 2.89. The topological polar surface area (TPSA) is 82.3 Å². The molecule has 1 aromatic carbocycles. The van der Waals surface area contributed by atoms with Crippen LogP contribution in [-0.4, -0.2) is 40.8 Å². The maximum Gasteiger partial charge on any atom is 0.257 e. The van der Waals surface area contributed by atoms with Crippen LogP contribution in [0.15, 0.2) is 29.2 Å². The van der Waals surface area contributed by atoms with Gasteiger partial charge in [-0.05, 0) is 18.6 Å². The first-order valence-electron chi connectivity index (χ1n) is 7.89. The van der Waals surface area contributed by atoms with Gasteiger partial charge in [-0.15, -0.1) is 0 Å². The molecule has 1 unspecified atom stereocenters. The quantitative estimate of drug-likeness (QED) is 0.889. The normalized spacial score (nSPS) is 17.5. The number of nitrogens with one attached hydrogen (secondary N) is 2. The molecule has 1 aromatic heterocycles. The van der Waals surface area contributed by atoms with E-state index in [0.29, 0.717) is 13.1 Å². The van der Waals surface area contributed by atoms with Crippen molar-refractivity contribution >= 4 is 22.7 Å². The van der Waals surface area contributed by atoms with Gasteiger partial charge in [-0.25, -0.2) is 4.39 Å². The van der Waals surface area contributed by atoms with E-state index in [-0.39, 0.29) is 34.8 Å². The van der Waals surface area contributed by atoms with E-state index in [2.05, 4.69) is 10.3 Å². The van der Waals surface area contributed by atoms with Crippen LogP contribution in [0.5, 0.6) is 0 Å². The van der Waals surface area contributed by atoms with Crippen LogP contribution < -0.4 is 10.7 Å². The Morgan fingerprint density at radius 2 is 2.21 bits per heavy atom. The number of carbonyl (C=O) groups is 2. The minimum absolute atomic E-state index is 0.00311. The highest BCUT2D eigenvalue weighted by Crippen LogP contribution is 2.14. The van der Waals surface area contributed by atoms with E-state index in [1.807, 2.05) is 6.92 Å². The molecule has 7 heteroatoms. The Hall–Kier alpha value is -2.70. The van der Waals surface area contributed by atoms with Crippen LogP contribution in [0.2, 0.25) is 0 Å². The zero-order valence-electron chi connectivity index (χ0n) is 13.3. The zero-order chi connectivity index (χ0) is 17.3. The number of para-hydroxylation sites is 1. The van der Waals surface area contributed by atoms with Crippen LogP contribution in [0, 0.1) is 5.82 Å². The highest BCUT2D eigenvalue weighted by atomic mass is 19.1. The third-order valence-electron chi connectivity index (χ3n) is 4.15. The van der Waals surface area contributed by atoms with Crippen LogP contribution in [0.4, 0.5) is 4.39 Å². The molecule has 3 rings (SSSR count). The predicted octanol–water partition coefficient (Wildman–Crippen LogP) is 1.41.